The minimum absolute atomic E-state index is 0.112. The van der Waals surface area contributed by atoms with Crippen molar-refractivity contribution >= 4 is 80.8 Å². The summed E-state index contributed by atoms with van der Waals surface area (Å²) in [5, 5.41) is 10.4. The van der Waals surface area contributed by atoms with E-state index in [0.29, 0.717) is 44.1 Å². The van der Waals surface area contributed by atoms with Crippen LogP contribution in [0.2, 0.25) is 10.0 Å². The van der Waals surface area contributed by atoms with Gasteiger partial charge in [-0.3, -0.25) is 14.9 Å². The van der Waals surface area contributed by atoms with Crippen LogP contribution in [-0.4, -0.2) is 16.9 Å². The van der Waals surface area contributed by atoms with Gasteiger partial charge < -0.3 is 19.5 Å². The molecule has 0 unspecified atom stereocenters. The molecule has 0 saturated heterocycles. The molecule has 40 heavy (non-hydrogen) atoms. The molecule has 0 spiro atoms. The van der Waals surface area contributed by atoms with Crippen LogP contribution in [0.3, 0.4) is 0 Å². The van der Waals surface area contributed by atoms with Crippen LogP contribution >= 0.6 is 35.4 Å². The second kappa shape index (κ2) is 11.8. The van der Waals surface area contributed by atoms with Gasteiger partial charge in [-0.25, -0.2) is 0 Å². The summed E-state index contributed by atoms with van der Waals surface area (Å²) in [4.78, 5) is 25.0. The highest BCUT2D eigenvalue weighted by atomic mass is 35.5. The third kappa shape index (κ3) is 6.43. The molecule has 10 heteroatoms. The molecule has 0 aliphatic heterocycles. The van der Waals surface area contributed by atoms with Crippen LogP contribution in [0, 0.1) is 6.92 Å². The molecule has 0 aliphatic rings. The van der Waals surface area contributed by atoms with Crippen molar-refractivity contribution in [2.75, 3.05) is 10.6 Å². The molecule has 0 aliphatic carbocycles. The lowest BCUT2D eigenvalue weighted by atomic mass is 10.1. The Kier molecular flexibility index (Phi) is 8.02. The van der Waals surface area contributed by atoms with Crippen LogP contribution in [0.1, 0.15) is 21.9 Å². The maximum Gasteiger partial charge on any atom is 0.291 e. The predicted molar refractivity (Wildman–Crippen MR) is 163 cm³/mol. The molecule has 3 N–H and O–H groups in total. The van der Waals surface area contributed by atoms with E-state index in [1.54, 1.807) is 60.7 Å². The van der Waals surface area contributed by atoms with E-state index >= 15 is 0 Å². The van der Waals surface area contributed by atoms with Crippen molar-refractivity contribution in [3.8, 4) is 11.3 Å². The van der Waals surface area contributed by atoms with E-state index in [-0.39, 0.29) is 16.8 Å². The molecule has 5 aromatic rings. The van der Waals surface area contributed by atoms with Crippen LogP contribution in [0.15, 0.2) is 93.8 Å². The van der Waals surface area contributed by atoms with E-state index in [4.69, 9.17) is 44.3 Å². The van der Waals surface area contributed by atoms with E-state index in [1.807, 2.05) is 25.1 Å². The highest BCUT2D eigenvalue weighted by Crippen LogP contribution is 2.31. The topological polar surface area (TPSA) is 96.5 Å². The molecule has 200 valence electrons. The number of thiocarbonyl (C=S) groups is 1. The Balaban J connectivity index is 1.15. The van der Waals surface area contributed by atoms with E-state index in [2.05, 4.69) is 16.0 Å². The van der Waals surface area contributed by atoms with Crippen molar-refractivity contribution in [1.29, 1.82) is 0 Å². The Hall–Kier alpha value is -4.37. The first kappa shape index (κ1) is 27.2. The van der Waals surface area contributed by atoms with Crippen LogP contribution < -0.4 is 16.0 Å². The fourth-order valence-corrected chi connectivity index (χ4v) is 4.63. The van der Waals surface area contributed by atoms with Gasteiger partial charge in [-0.1, -0.05) is 41.4 Å². The first-order chi connectivity index (χ1) is 19.2. The van der Waals surface area contributed by atoms with Gasteiger partial charge in [0, 0.05) is 33.4 Å². The summed E-state index contributed by atoms with van der Waals surface area (Å²) in [6.07, 6.45) is 2.83. The van der Waals surface area contributed by atoms with Crippen molar-refractivity contribution in [2.45, 2.75) is 6.92 Å². The average Bonchev–Trinajstić information content (AvgIpc) is 3.56. The van der Waals surface area contributed by atoms with Crippen molar-refractivity contribution < 1.29 is 18.4 Å². The Labute approximate surface area is 244 Å². The molecule has 0 saturated carbocycles. The molecule has 2 heterocycles. The Morgan fingerprint density at radius 3 is 2.50 bits per heavy atom. The quantitative estimate of drug-likeness (QED) is 0.137. The second-order valence-electron chi connectivity index (χ2n) is 8.74. The number of nitrogens with one attached hydrogen (secondary N) is 3. The molecule has 5 rings (SSSR count). The fraction of sp³-hybridized carbons (Fsp3) is 0.0333. The number of halogens is 2. The number of fused-ring (bicyclic) bond motifs is 1. The number of carbonyl (C=O) groups is 2. The van der Waals surface area contributed by atoms with Gasteiger partial charge in [-0.2, -0.15) is 0 Å². The summed E-state index contributed by atoms with van der Waals surface area (Å²) in [5.74, 6) is 0.442. The molecule has 0 bridgehead atoms. The van der Waals surface area contributed by atoms with E-state index in [0.717, 1.165) is 10.9 Å². The molecule has 3 aromatic carbocycles. The summed E-state index contributed by atoms with van der Waals surface area (Å²) in [6, 6.07) is 23.0. The third-order valence-corrected chi connectivity index (χ3v) is 6.59. The summed E-state index contributed by atoms with van der Waals surface area (Å²) in [5.41, 5.74) is 3.38. The minimum Gasteiger partial charge on any atom is -0.457 e. The second-order valence-corrected chi connectivity index (χ2v) is 9.99. The van der Waals surface area contributed by atoms with Crippen LogP contribution in [0.4, 0.5) is 11.4 Å². The van der Waals surface area contributed by atoms with Gasteiger partial charge in [0.25, 0.3) is 5.91 Å². The maximum absolute atomic E-state index is 12.7. The zero-order chi connectivity index (χ0) is 28.2. The number of aryl methyl sites for hydroxylation is 1. The predicted octanol–water partition coefficient (Wildman–Crippen LogP) is 8.09. The lowest BCUT2D eigenvalue weighted by Crippen LogP contribution is -2.32. The van der Waals surface area contributed by atoms with E-state index in [1.165, 1.54) is 12.2 Å². The molecular formula is C30H21Cl2N3O4S. The molecular weight excluding hydrogens is 569 g/mol. The van der Waals surface area contributed by atoms with Crippen molar-refractivity contribution in [1.82, 2.24) is 5.32 Å². The molecule has 0 radical (unpaired) electrons. The standard InChI is InChI=1S/C30H21Cl2N3O4S/c1-17-14-20(7-11-24(17)34-29(37)27-15-18-4-2-3-5-25(18)39-27)33-30(40)35-28(36)13-9-21-8-12-26(38-21)22-10-6-19(31)16-23(22)32/h2-16H,1H3,(H,34,37)(H2,33,35,36,40)/b13-9+. The number of para-hydroxylation sites is 1. The number of furan rings is 2. The largest absolute Gasteiger partial charge is 0.457 e. The number of carbonyl (C=O) groups excluding carboxylic acids is 2. The summed E-state index contributed by atoms with van der Waals surface area (Å²) in [6.45, 7) is 1.85. The third-order valence-electron chi connectivity index (χ3n) is 5.84. The van der Waals surface area contributed by atoms with Gasteiger partial charge >= 0.3 is 0 Å². The van der Waals surface area contributed by atoms with Gasteiger partial charge in [0.2, 0.25) is 5.91 Å². The van der Waals surface area contributed by atoms with Crippen LogP contribution in [0.25, 0.3) is 28.4 Å². The van der Waals surface area contributed by atoms with Gasteiger partial charge in [0.1, 0.15) is 17.1 Å². The maximum atomic E-state index is 12.7. The fourth-order valence-electron chi connectivity index (χ4n) is 3.91. The van der Waals surface area contributed by atoms with E-state index in [9.17, 15) is 9.59 Å². The average molecular weight is 590 g/mol. The first-order valence-electron chi connectivity index (χ1n) is 12.0. The van der Waals surface area contributed by atoms with E-state index < -0.39 is 5.91 Å². The molecule has 7 nitrogen and oxygen atoms in total. The number of amides is 2. The summed E-state index contributed by atoms with van der Waals surface area (Å²) < 4.78 is 11.4. The Morgan fingerprint density at radius 2 is 1.73 bits per heavy atom. The lowest BCUT2D eigenvalue weighted by Gasteiger charge is -2.12. The Bertz CT molecular complexity index is 1760. The summed E-state index contributed by atoms with van der Waals surface area (Å²) >= 11 is 17.5. The van der Waals surface area contributed by atoms with Gasteiger partial charge in [0.15, 0.2) is 10.9 Å². The lowest BCUT2D eigenvalue weighted by molar-refractivity contribution is -0.115. The number of hydrogen-bond acceptors (Lipinski definition) is 5. The van der Waals surface area contributed by atoms with Gasteiger partial charge in [-0.05, 0) is 91.4 Å². The number of benzene rings is 3. The van der Waals surface area contributed by atoms with Crippen molar-refractivity contribution in [3.05, 3.63) is 112 Å². The molecule has 2 amide bonds. The van der Waals surface area contributed by atoms with Crippen LogP contribution in [0.5, 0.6) is 0 Å². The number of rotatable bonds is 6. The van der Waals surface area contributed by atoms with Crippen molar-refractivity contribution in [3.63, 3.8) is 0 Å². The summed E-state index contributed by atoms with van der Waals surface area (Å²) in [7, 11) is 0. The Morgan fingerprint density at radius 1 is 0.900 bits per heavy atom. The normalized spacial score (nSPS) is 11.1. The number of anilines is 2. The molecule has 0 atom stereocenters. The number of hydrogen-bond donors (Lipinski definition) is 3. The zero-order valence-electron chi connectivity index (χ0n) is 21.0. The van der Waals surface area contributed by atoms with Crippen LogP contribution in [-0.2, 0) is 4.79 Å². The molecule has 2 aromatic heterocycles. The first-order valence-corrected chi connectivity index (χ1v) is 13.2. The van der Waals surface area contributed by atoms with Crippen molar-refractivity contribution in [2.24, 2.45) is 0 Å². The smallest absolute Gasteiger partial charge is 0.291 e. The highest BCUT2D eigenvalue weighted by Gasteiger charge is 2.14. The zero-order valence-corrected chi connectivity index (χ0v) is 23.3. The highest BCUT2D eigenvalue weighted by molar-refractivity contribution is 7.80. The monoisotopic (exact) mass is 589 g/mol. The minimum atomic E-state index is -0.439. The SMILES string of the molecule is Cc1cc(NC(=S)NC(=O)/C=C/c2ccc(-c3ccc(Cl)cc3Cl)o2)ccc1NC(=O)c1cc2ccccc2o1. The van der Waals surface area contributed by atoms with Gasteiger partial charge in [0.05, 0.1) is 5.02 Å². The van der Waals surface area contributed by atoms with Gasteiger partial charge in [-0.15, -0.1) is 0 Å². The molecule has 0 fully saturated rings.